The molecule has 1 aromatic carbocycles. The molecule has 0 radical (unpaired) electrons. The molecule has 2 aromatic rings. The number of pyridine rings is 1. The van der Waals surface area contributed by atoms with Crippen LogP contribution < -0.4 is 4.72 Å². The average Bonchev–Trinajstić information content (AvgIpc) is 2.44. The summed E-state index contributed by atoms with van der Waals surface area (Å²) in [6, 6.07) is 7.80. The van der Waals surface area contributed by atoms with Gasteiger partial charge in [0.15, 0.2) is 6.10 Å². The van der Waals surface area contributed by atoms with Crippen LogP contribution in [-0.4, -0.2) is 42.2 Å². The van der Waals surface area contributed by atoms with Gasteiger partial charge in [-0.15, -0.1) is 0 Å². The Balaban J connectivity index is 2.35. The van der Waals surface area contributed by atoms with E-state index in [9.17, 15) is 13.2 Å². The van der Waals surface area contributed by atoms with Crippen LogP contribution >= 0.6 is 0 Å². The Kier molecular flexibility index (Phi) is 3.98. The summed E-state index contributed by atoms with van der Waals surface area (Å²) in [7, 11) is -3.93. The molecule has 0 aliphatic heterocycles. The molecular weight excluding hydrogens is 284 g/mol. The summed E-state index contributed by atoms with van der Waals surface area (Å²) in [5, 5.41) is 18.1. The zero-order chi connectivity index (χ0) is 14.8. The van der Waals surface area contributed by atoms with Crippen LogP contribution in [-0.2, 0) is 14.8 Å². The minimum Gasteiger partial charge on any atom is -0.479 e. The summed E-state index contributed by atoms with van der Waals surface area (Å²) in [6.45, 7) is -0.603. The van der Waals surface area contributed by atoms with Crippen LogP contribution in [0, 0.1) is 0 Å². The number of carboxylic acid groups (broad SMARTS) is 1. The molecule has 0 amide bonds. The predicted molar refractivity (Wildman–Crippen MR) is 70.6 cm³/mol. The normalized spacial score (nSPS) is 13.2. The molecule has 1 atom stereocenters. The first-order valence-corrected chi connectivity index (χ1v) is 7.14. The molecule has 0 aliphatic rings. The molecule has 1 aromatic heterocycles. The van der Waals surface area contributed by atoms with Crippen molar-refractivity contribution in [2.45, 2.75) is 11.0 Å². The lowest BCUT2D eigenvalue weighted by Gasteiger charge is -2.10. The Labute approximate surface area is 114 Å². The number of nitrogens with one attached hydrogen (secondary N) is 1. The van der Waals surface area contributed by atoms with E-state index < -0.39 is 28.6 Å². The second-order valence-corrected chi connectivity index (χ2v) is 5.77. The summed E-state index contributed by atoms with van der Waals surface area (Å²) >= 11 is 0. The lowest BCUT2D eigenvalue weighted by atomic mass is 10.2. The van der Waals surface area contributed by atoms with Gasteiger partial charge in [-0.3, -0.25) is 4.98 Å². The fourth-order valence-corrected chi connectivity index (χ4v) is 2.92. The lowest BCUT2D eigenvalue weighted by Crippen LogP contribution is -2.36. The van der Waals surface area contributed by atoms with Crippen LogP contribution in [0.1, 0.15) is 0 Å². The first-order chi connectivity index (χ1) is 9.42. The van der Waals surface area contributed by atoms with Gasteiger partial charge in [0.05, 0.1) is 10.4 Å². The number of nitrogens with zero attached hydrogens (tertiary/aromatic N) is 1. The van der Waals surface area contributed by atoms with Crippen molar-refractivity contribution >= 4 is 26.9 Å². The molecule has 0 aliphatic carbocycles. The van der Waals surface area contributed by atoms with E-state index in [1.807, 2.05) is 0 Å². The molecule has 0 spiro atoms. The summed E-state index contributed by atoms with van der Waals surface area (Å²) < 4.78 is 26.3. The van der Waals surface area contributed by atoms with Gasteiger partial charge in [-0.1, -0.05) is 6.07 Å². The van der Waals surface area contributed by atoms with Gasteiger partial charge in [0, 0.05) is 18.1 Å². The topological polar surface area (TPSA) is 117 Å². The molecule has 106 valence electrons. The Hall–Kier alpha value is -2.03. The first kappa shape index (κ1) is 14.4. The van der Waals surface area contributed by atoms with Gasteiger partial charge in [0.25, 0.3) is 0 Å². The summed E-state index contributed by atoms with van der Waals surface area (Å²) in [4.78, 5) is 14.5. The summed E-state index contributed by atoms with van der Waals surface area (Å²) in [5.41, 5.74) is 0.508. The van der Waals surface area contributed by atoms with Crippen LogP contribution in [0.15, 0.2) is 41.4 Å². The van der Waals surface area contributed by atoms with E-state index in [-0.39, 0.29) is 4.90 Å². The molecule has 1 heterocycles. The molecular formula is C12H12N2O5S. The largest absolute Gasteiger partial charge is 0.479 e. The number of aliphatic hydroxyl groups excluding tert-OH is 1. The van der Waals surface area contributed by atoms with Gasteiger partial charge < -0.3 is 10.2 Å². The zero-order valence-electron chi connectivity index (χ0n) is 10.2. The van der Waals surface area contributed by atoms with Crippen molar-refractivity contribution in [2.75, 3.05) is 6.54 Å². The Morgan fingerprint density at radius 2 is 2.05 bits per heavy atom. The van der Waals surface area contributed by atoms with Crippen molar-refractivity contribution in [3.8, 4) is 0 Å². The third kappa shape index (κ3) is 2.93. The number of hydrogen-bond donors (Lipinski definition) is 3. The van der Waals surface area contributed by atoms with E-state index >= 15 is 0 Å². The third-order valence-electron chi connectivity index (χ3n) is 2.65. The second kappa shape index (κ2) is 5.53. The fourth-order valence-electron chi connectivity index (χ4n) is 1.66. The van der Waals surface area contributed by atoms with Crippen LogP contribution in [0.5, 0.6) is 0 Å². The van der Waals surface area contributed by atoms with Crippen molar-refractivity contribution < 1.29 is 23.4 Å². The quantitative estimate of drug-likeness (QED) is 0.712. The zero-order valence-corrected chi connectivity index (χ0v) is 11.0. The van der Waals surface area contributed by atoms with Gasteiger partial charge >= 0.3 is 5.97 Å². The summed E-state index contributed by atoms with van der Waals surface area (Å²) in [5.74, 6) is -1.49. The SMILES string of the molecule is O=C(O)C(O)CNS(=O)(=O)c1cccc2ncccc12. The number of carboxylic acids is 1. The number of aromatic nitrogens is 1. The fraction of sp³-hybridized carbons (Fsp3) is 0.167. The van der Waals surface area contributed by atoms with Crippen molar-refractivity contribution in [1.29, 1.82) is 0 Å². The molecule has 3 N–H and O–H groups in total. The number of hydrogen-bond acceptors (Lipinski definition) is 5. The number of aliphatic hydroxyl groups is 1. The van der Waals surface area contributed by atoms with Crippen LogP contribution in [0.2, 0.25) is 0 Å². The summed E-state index contributed by atoms with van der Waals surface area (Å²) in [6.07, 6.45) is -0.252. The minimum atomic E-state index is -3.93. The monoisotopic (exact) mass is 296 g/mol. The molecule has 20 heavy (non-hydrogen) atoms. The lowest BCUT2D eigenvalue weighted by molar-refractivity contribution is -0.146. The van der Waals surface area contributed by atoms with E-state index in [0.717, 1.165) is 0 Å². The highest BCUT2D eigenvalue weighted by Gasteiger charge is 2.21. The second-order valence-electron chi connectivity index (χ2n) is 4.03. The Bertz CT molecular complexity index is 739. The standard InChI is InChI=1S/C12H12N2O5S/c15-10(12(16)17)7-14-20(18,19)11-5-1-4-9-8(11)3-2-6-13-9/h1-6,10,14-15H,7H2,(H,16,17). The minimum absolute atomic E-state index is 0.0133. The molecule has 0 saturated heterocycles. The number of rotatable bonds is 5. The average molecular weight is 296 g/mol. The maximum absolute atomic E-state index is 12.1. The van der Waals surface area contributed by atoms with Gasteiger partial charge in [-0.25, -0.2) is 17.9 Å². The smallest absolute Gasteiger partial charge is 0.333 e. The Morgan fingerprint density at radius 1 is 1.30 bits per heavy atom. The number of carbonyl (C=O) groups is 1. The van der Waals surface area contributed by atoms with Crippen molar-refractivity contribution in [3.05, 3.63) is 36.5 Å². The predicted octanol–water partition coefficient (Wildman–Crippen LogP) is -0.0414. The van der Waals surface area contributed by atoms with E-state index in [0.29, 0.717) is 10.9 Å². The van der Waals surface area contributed by atoms with Gasteiger partial charge in [0.1, 0.15) is 0 Å². The highest BCUT2D eigenvalue weighted by Crippen LogP contribution is 2.20. The van der Waals surface area contributed by atoms with E-state index in [4.69, 9.17) is 10.2 Å². The third-order valence-corrected chi connectivity index (χ3v) is 4.13. The van der Waals surface area contributed by atoms with E-state index in [1.165, 1.54) is 12.1 Å². The molecule has 0 fully saturated rings. The first-order valence-electron chi connectivity index (χ1n) is 5.66. The number of sulfonamides is 1. The molecule has 1 unspecified atom stereocenters. The van der Waals surface area contributed by atoms with Gasteiger partial charge in [-0.2, -0.15) is 0 Å². The molecule has 7 nitrogen and oxygen atoms in total. The number of benzene rings is 1. The van der Waals surface area contributed by atoms with E-state index in [1.54, 1.807) is 24.4 Å². The maximum atomic E-state index is 12.1. The molecule has 0 saturated carbocycles. The molecule has 8 heteroatoms. The number of aliphatic carboxylic acids is 1. The van der Waals surface area contributed by atoms with Crippen molar-refractivity contribution in [3.63, 3.8) is 0 Å². The van der Waals surface area contributed by atoms with Gasteiger partial charge in [-0.05, 0) is 24.3 Å². The van der Waals surface area contributed by atoms with Gasteiger partial charge in [0.2, 0.25) is 10.0 Å². The highest BCUT2D eigenvalue weighted by molar-refractivity contribution is 7.89. The maximum Gasteiger partial charge on any atom is 0.333 e. The van der Waals surface area contributed by atoms with Crippen molar-refractivity contribution in [1.82, 2.24) is 9.71 Å². The molecule has 0 bridgehead atoms. The van der Waals surface area contributed by atoms with Crippen LogP contribution in [0.3, 0.4) is 0 Å². The highest BCUT2D eigenvalue weighted by atomic mass is 32.2. The molecule has 2 rings (SSSR count). The number of fused-ring (bicyclic) bond motifs is 1. The van der Waals surface area contributed by atoms with Crippen molar-refractivity contribution in [2.24, 2.45) is 0 Å². The van der Waals surface area contributed by atoms with Crippen LogP contribution in [0.25, 0.3) is 10.9 Å². The van der Waals surface area contributed by atoms with Crippen LogP contribution in [0.4, 0.5) is 0 Å². The Morgan fingerprint density at radius 3 is 2.75 bits per heavy atom. The van der Waals surface area contributed by atoms with E-state index in [2.05, 4.69) is 9.71 Å².